The highest BCUT2D eigenvalue weighted by atomic mass is 79.9. The molecule has 0 bridgehead atoms. The number of hydrogen-bond acceptors (Lipinski definition) is 6. The van der Waals surface area contributed by atoms with Crippen LogP contribution in [0.3, 0.4) is 0 Å². The van der Waals surface area contributed by atoms with Crippen molar-refractivity contribution >= 4 is 34.0 Å². The molecule has 0 saturated heterocycles. The Bertz CT molecular complexity index is 996. The summed E-state index contributed by atoms with van der Waals surface area (Å²) < 4.78 is 54.7. The molecule has 0 aliphatic carbocycles. The fourth-order valence-electron chi connectivity index (χ4n) is 2.43. The summed E-state index contributed by atoms with van der Waals surface area (Å²) in [5, 5.41) is 3.79. The first-order valence-corrected chi connectivity index (χ1v) is 10.2. The Morgan fingerprint density at radius 2 is 1.81 bits per heavy atom. The lowest BCUT2D eigenvalue weighted by molar-refractivity contribution is -0.145. The number of esters is 1. The molecular weight excluding hydrogens is 497 g/mol. The van der Waals surface area contributed by atoms with Gasteiger partial charge in [0.1, 0.15) is 0 Å². The maximum absolute atomic E-state index is 12.8. The van der Waals surface area contributed by atoms with Crippen molar-refractivity contribution in [2.24, 2.45) is 5.10 Å². The molecule has 1 N–H and O–H groups in total. The predicted molar refractivity (Wildman–Crippen MR) is 114 cm³/mol. The third-order valence-corrected chi connectivity index (χ3v) is 4.52. The van der Waals surface area contributed by atoms with E-state index in [4.69, 9.17) is 14.2 Å². The summed E-state index contributed by atoms with van der Waals surface area (Å²) in [6, 6.07) is 7.12. The number of hydrazone groups is 1. The van der Waals surface area contributed by atoms with Gasteiger partial charge in [0.05, 0.1) is 25.0 Å². The van der Waals surface area contributed by atoms with Gasteiger partial charge in [-0.1, -0.05) is 6.07 Å². The van der Waals surface area contributed by atoms with Crippen LogP contribution in [0, 0.1) is 0 Å². The van der Waals surface area contributed by atoms with E-state index in [0.29, 0.717) is 22.4 Å². The summed E-state index contributed by atoms with van der Waals surface area (Å²) in [4.78, 5) is 23.6. The van der Waals surface area contributed by atoms with Crippen molar-refractivity contribution in [1.82, 2.24) is 5.43 Å². The van der Waals surface area contributed by atoms with E-state index in [1.165, 1.54) is 12.3 Å². The number of amides is 1. The van der Waals surface area contributed by atoms with Crippen LogP contribution in [0.4, 0.5) is 13.2 Å². The van der Waals surface area contributed by atoms with Gasteiger partial charge in [-0.15, -0.1) is 0 Å². The van der Waals surface area contributed by atoms with Gasteiger partial charge in [-0.25, -0.2) is 10.2 Å². The number of halogens is 4. The normalized spacial score (nSPS) is 11.3. The van der Waals surface area contributed by atoms with Crippen LogP contribution >= 0.6 is 15.9 Å². The second-order valence-electron chi connectivity index (χ2n) is 6.12. The molecule has 0 saturated carbocycles. The van der Waals surface area contributed by atoms with E-state index in [2.05, 4.69) is 26.5 Å². The number of nitrogens with zero attached hydrogens (tertiary/aromatic N) is 1. The predicted octanol–water partition coefficient (Wildman–Crippen LogP) is 4.57. The summed E-state index contributed by atoms with van der Waals surface area (Å²) >= 11 is 3.33. The minimum Gasteiger partial charge on any atom is -0.490 e. The third-order valence-electron chi connectivity index (χ3n) is 3.84. The molecule has 0 aliphatic heterocycles. The molecule has 2 aromatic carbocycles. The van der Waals surface area contributed by atoms with Crippen LogP contribution < -0.4 is 14.9 Å². The zero-order valence-corrected chi connectivity index (χ0v) is 18.7. The second kappa shape index (κ2) is 11.5. The van der Waals surface area contributed by atoms with Crippen LogP contribution in [0.2, 0.25) is 0 Å². The molecule has 11 heteroatoms. The second-order valence-corrected chi connectivity index (χ2v) is 6.98. The van der Waals surface area contributed by atoms with E-state index in [-0.39, 0.29) is 24.5 Å². The molecule has 0 atom stereocenters. The SMILES string of the molecule is CCOC(=O)COc1cc(Br)c(/C=N\NC(=O)c2cccc(C(F)(F)F)c2)cc1OCC. The molecule has 0 radical (unpaired) electrons. The lowest BCUT2D eigenvalue weighted by Crippen LogP contribution is -2.18. The summed E-state index contributed by atoms with van der Waals surface area (Å²) in [6.07, 6.45) is -3.27. The van der Waals surface area contributed by atoms with Gasteiger partial charge in [0.25, 0.3) is 5.91 Å². The van der Waals surface area contributed by atoms with Crippen molar-refractivity contribution in [3.05, 3.63) is 57.6 Å². The molecule has 172 valence electrons. The van der Waals surface area contributed by atoms with Crippen LogP contribution in [-0.2, 0) is 15.7 Å². The van der Waals surface area contributed by atoms with E-state index < -0.39 is 23.6 Å². The Labute approximate surface area is 190 Å². The fourth-order valence-corrected chi connectivity index (χ4v) is 2.86. The van der Waals surface area contributed by atoms with E-state index in [9.17, 15) is 22.8 Å². The van der Waals surface area contributed by atoms with Gasteiger partial charge in [0.2, 0.25) is 0 Å². The maximum atomic E-state index is 12.8. The van der Waals surface area contributed by atoms with Crippen LogP contribution in [0.25, 0.3) is 0 Å². The van der Waals surface area contributed by atoms with Crippen LogP contribution in [0.1, 0.15) is 35.3 Å². The lowest BCUT2D eigenvalue weighted by atomic mass is 10.1. The molecule has 1 amide bonds. The Morgan fingerprint density at radius 1 is 1.09 bits per heavy atom. The number of rotatable bonds is 9. The van der Waals surface area contributed by atoms with Gasteiger partial charge in [-0.3, -0.25) is 4.79 Å². The first-order valence-electron chi connectivity index (χ1n) is 9.41. The molecule has 32 heavy (non-hydrogen) atoms. The molecule has 0 unspecified atom stereocenters. The van der Waals surface area contributed by atoms with Crippen molar-refractivity contribution in [3.63, 3.8) is 0 Å². The van der Waals surface area contributed by atoms with Crippen molar-refractivity contribution in [1.29, 1.82) is 0 Å². The largest absolute Gasteiger partial charge is 0.490 e. The zero-order valence-electron chi connectivity index (χ0n) is 17.2. The fraction of sp³-hybridized carbons (Fsp3) is 0.286. The zero-order chi connectivity index (χ0) is 23.7. The molecule has 2 aromatic rings. The summed E-state index contributed by atoms with van der Waals surface area (Å²) in [6.45, 7) is 3.69. The number of ether oxygens (including phenoxy) is 3. The van der Waals surface area contributed by atoms with Crippen molar-refractivity contribution < 1.29 is 37.0 Å². The van der Waals surface area contributed by atoms with Crippen LogP contribution in [-0.4, -0.2) is 37.9 Å². The Balaban J connectivity index is 2.13. The van der Waals surface area contributed by atoms with Gasteiger partial charge in [0.15, 0.2) is 18.1 Å². The number of carbonyl (C=O) groups excluding carboxylic acids is 2. The molecule has 0 aromatic heterocycles. The van der Waals surface area contributed by atoms with E-state index >= 15 is 0 Å². The molecule has 2 rings (SSSR count). The Morgan fingerprint density at radius 3 is 2.47 bits per heavy atom. The molecule has 0 fully saturated rings. The van der Waals surface area contributed by atoms with Gasteiger partial charge in [-0.05, 0) is 60.1 Å². The smallest absolute Gasteiger partial charge is 0.416 e. The van der Waals surface area contributed by atoms with Gasteiger partial charge in [-0.2, -0.15) is 18.3 Å². The first-order chi connectivity index (χ1) is 15.2. The lowest BCUT2D eigenvalue weighted by Gasteiger charge is -2.13. The standard InChI is InChI=1S/C21H20BrF3N2O5/c1-3-30-17-9-14(16(22)10-18(17)32-12-19(28)31-4-2)11-26-27-20(29)13-6-5-7-15(8-13)21(23,24)25/h5-11H,3-4,12H2,1-2H3,(H,27,29)/b26-11-. The van der Waals surface area contributed by atoms with Crippen LogP contribution in [0.5, 0.6) is 11.5 Å². The molecule has 7 nitrogen and oxygen atoms in total. The molecule has 0 spiro atoms. The summed E-state index contributed by atoms with van der Waals surface area (Å²) in [5.41, 5.74) is 1.55. The van der Waals surface area contributed by atoms with Crippen molar-refractivity contribution in [2.75, 3.05) is 19.8 Å². The van der Waals surface area contributed by atoms with E-state index in [0.717, 1.165) is 18.2 Å². The Hall–Kier alpha value is -3.08. The minimum atomic E-state index is -4.56. The molecular formula is C21H20BrF3N2O5. The molecule has 0 aliphatic rings. The highest BCUT2D eigenvalue weighted by Gasteiger charge is 2.30. The van der Waals surface area contributed by atoms with Gasteiger partial charge in [0, 0.05) is 15.6 Å². The number of alkyl halides is 3. The van der Waals surface area contributed by atoms with Crippen molar-refractivity contribution in [3.8, 4) is 11.5 Å². The topological polar surface area (TPSA) is 86.2 Å². The van der Waals surface area contributed by atoms with E-state index in [1.54, 1.807) is 26.0 Å². The average molecular weight is 517 g/mol. The number of hydrogen-bond donors (Lipinski definition) is 1. The maximum Gasteiger partial charge on any atom is 0.416 e. The Kier molecular flexibility index (Phi) is 9.06. The minimum absolute atomic E-state index is 0.186. The third kappa shape index (κ3) is 7.26. The monoisotopic (exact) mass is 516 g/mol. The summed E-state index contributed by atoms with van der Waals surface area (Å²) in [5.74, 6) is -0.723. The molecule has 0 heterocycles. The van der Waals surface area contributed by atoms with Gasteiger partial charge < -0.3 is 14.2 Å². The highest BCUT2D eigenvalue weighted by molar-refractivity contribution is 9.10. The first kappa shape index (κ1) is 25.2. The van der Waals surface area contributed by atoms with Gasteiger partial charge >= 0.3 is 12.1 Å². The van der Waals surface area contributed by atoms with E-state index in [1.807, 2.05) is 0 Å². The van der Waals surface area contributed by atoms with Crippen molar-refractivity contribution in [2.45, 2.75) is 20.0 Å². The number of carbonyl (C=O) groups is 2. The average Bonchev–Trinajstić information content (AvgIpc) is 2.74. The quantitative estimate of drug-likeness (QED) is 0.299. The number of benzene rings is 2. The van der Waals surface area contributed by atoms with Crippen LogP contribution in [0.15, 0.2) is 46.0 Å². The number of nitrogens with one attached hydrogen (secondary N) is 1. The highest BCUT2D eigenvalue weighted by Crippen LogP contribution is 2.33. The summed E-state index contributed by atoms with van der Waals surface area (Å²) in [7, 11) is 0.